The Morgan fingerprint density at radius 3 is 2.18 bits per heavy atom. The van der Waals surface area contributed by atoms with Crippen LogP contribution in [0.2, 0.25) is 0 Å². The van der Waals surface area contributed by atoms with Crippen molar-refractivity contribution in [2.45, 2.75) is 23.6 Å². The summed E-state index contributed by atoms with van der Waals surface area (Å²) in [5, 5.41) is 0. The maximum atomic E-state index is 15.3. The molecule has 3 aliphatic rings. The molecule has 0 aromatic heterocycles. The van der Waals surface area contributed by atoms with Gasteiger partial charge in [0, 0.05) is 5.56 Å². The fourth-order valence-corrected chi connectivity index (χ4v) is 6.23. The van der Waals surface area contributed by atoms with Gasteiger partial charge in [0.15, 0.2) is 5.67 Å². The molecule has 1 amide bonds. The topological polar surface area (TPSA) is 82.0 Å². The van der Waals surface area contributed by atoms with Gasteiger partial charge in [-0.05, 0) is 29.3 Å². The van der Waals surface area contributed by atoms with Crippen molar-refractivity contribution in [3.8, 4) is 0 Å². The van der Waals surface area contributed by atoms with E-state index in [4.69, 9.17) is 4.84 Å². The molecule has 38 heavy (non-hydrogen) atoms. The van der Waals surface area contributed by atoms with Crippen molar-refractivity contribution in [2.24, 2.45) is 5.92 Å². The van der Waals surface area contributed by atoms with Gasteiger partial charge in [0.1, 0.15) is 0 Å². The summed E-state index contributed by atoms with van der Waals surface area (Å²) in [6, 6.07) is 8.14. The van der Waals surface area contributed by atoms with Crippen LogP contribution in [0, 0.1) is 5.92 Å². The van der Waals surface area contributed by atoms with E-state index in [1.807, 2.05) is 0 Å². The van der Waals surface area contributed by atoms with Gasteiger partial charge >= 0.3 is 12.4 Å². The SMILES string of the molecule is O=C(C1CS(O)(O)C1)N1CC(F)(c2ccc(C3=CC(c4cccc(C(F)(F)F)c4)(C(F)(F)F)ON3)cc2)C1. The van der Waals surface area contributed by atoms with E-state index in [1.165, 1.54) is 29.2 Å². The van der Waals surface area contributed by atoms with E-state index in [0.717, 1.165) is 12.1 Å². The number of carbonyl (C=O) groups is 1. The van der Waals surface area contributed by atoms with Gasteiger partial charge in [-0.2, -0.15) is 36.9 Å². The maximum absolute atomic E-state index is 15.3. The number of likely N-dealkylation sites (tertiary alicyclic amines) is 1. The summed E-state index contributed by atoms with van der Waals surface area (Å²) in [5.41, 5.74) is -4.79. The van der Waals surface area contributed by atoms with Crippen LogP contribution in [0.15, 0.2) is 54.6 Å². The van der Waals surface area contributed by atoms with Gasteiger partial charge in [0.05, 0.1) is 41.8 Å². The van der Waals surface area contributed by atoms with E-state index < -0.39 is 51.3 Å². The lowest BCUT2D eigenvalue weighted by molar-refractivity contribution is -0.269. The van der Waals surface area contributed by atoms with E-state index in [0.29, 0.717) is 18.2 Å². The minimum Gasteiger partial charge on any atom is -0.335 e. The number of nitrogens with zero attached hydrogens (tertiary/aromatic N) is 1. The summed E-state index contributed by atoms with van der Waals surface area (Å²) in [6.45, 7) is -0.505. The molecule has 0 saturated carbocycles. The minimum atomic E-state index is -5.12. The maximum Gasteiger partial charge on any atom is 0.428 e. The summed E-state index contributed by atoms with van der Waals surface area (Å²) in [6.07, 6.45) is -9.34. The molecule has 5 rings (SSSR count). The Hall–Kier alpha value is -2.81. The van der Waals surface area contributed by atoms with Crippen molar-refractivity contribution in [3.05, 3.63) is 76.9 Å². The summed E-state index contributed by atoms with van der Waals surface area (Å²) in [4.78, 5) is 18.5. The lowest BCUT2D eigenvalue weighted by atomic mass is 9.86. The molecule has 3 aliphatic heterocycles. The van der Waals surface area contributed by atoms with Crippen LogP contribution in [0.4, 0.5) is 30.7 Å². The van der Waals surface area contributed by atoms with Crippen molar-refractivity contribution in [3.63, 3.8) is 0 Å². The van der Waals surface area contributed by atoms with Crippen molar-refractivity contribution in [1.29, 1.82) is 0 Å². The average Bonchev–Trinajstić information content (AvgIpc) is 3.27. The number of hydrogen-bond acceptors (Lipinski definition) is 5. The molecule has 6 nitrogen and oxygen atoms in total. The van der Waals surface area contributed by atoms with Crippen LogP contribution in [0.5, 0.6) is 0 Å². The van der Waals surface area contributed by atoms with Gasteiger partial charge < -0.3 is 4.90 Å². The number of rotatable bonds is 4. The van der Waals surface area contributed by atoms with E-state index >= 15 is 4.39 Å². The predicted octanol–water partition coefficient (Wildman–Crippen LogP) is 5.43. The molecule has 2 aromatic carbocycles. The van der Waals surface area contributed by atoms with Gasteiger partial charge in [-0.15, -0.1) is 0 Å². The van der Waals surface area contributed by atoms with Crippen molar-refractivity contribution < 1.29 is 49.5 Å². The highest BCUT2D eigenvalue weighted by atomic mass is 32.3. The Bertz CT molecular complexity index is 1280. The molecule has 0 bridgehead atoms. The third-order valence-electron chi connectivity index (χ3n) is 6.90. The Labute approximate surface area is 213 Å². The summed E-state index contributed by atoms with van der Waals surface area (Å²) < 4.78 is 116. The van der Waals surface area contributed by atoms with Crippen molar-refractivity contribution in [1.82, 2.24) is 10.4 Å². The Morgan fingerprint density at radius 2 is 1.63 bits per heavy atom. The third-order valence-corrected chi connectivity index (χ3v) is 8.78. The summed E-state index contributed by atoms with van der Waals surface area (Å²) in [5.74, 6) is -1.00. The monoisotopic (exact) mass is 566 g/mol. The molecule has 0 aliphatic carbocycles. The predicted molar refractivity (Wildman–Crippen MR) is 123 cm³/mol. The lowest BCUT2D eigenvalue weighted by Crippen LogP contribution is -2.62. The molecule has 0 radical (unpaired) electrons. The molecule has 1 atom stereocenters. The highest BCUT2D eigenvalue weighted by Crippen LogP contribution is 2.53. The van der Waals surface area contributed by atoms with Gasteiger partial charge in [-0.1, -0.05) is 36.4 Å². The second kappa shape index (κ2) is 8.60. The first-order valence-electron chi connectivity index (χ1n) is 11.3. The van der Waals surface area contributed by atoms with E-state index in [1.54, 1.807) is 0 Å². The molecule has 2 aromatic rings. The fraction of sp³-hybridized carbons (Fsp3) is 0.375. The highest BCUT2D eigenvalue weighted by molar-refractivity contribution is 8.25. The van der Waals surface area contributed by atoms with Gasteiger partial charge in [-0.25, -0.2) is 4.39 Å². The van der Waals surface area contributed by atoms with Crippen molar-refractivity contribution in [2.75, 3.05) is 24.6 Å². The van der Waals surface area contributed by atoms with Gasteiger partial charge in [0.2, 0.25) is 11.5 Å². The molecule has 1 unspecified atom stereocenters. The van der Waals surface area contributed by atoms with Crippen LogP contribution in [0.1, 0.15) is 22.3 Å². The highest BCUT2D eigenvalue weighted by Gasteiger charge is 2.60. The molecule has 2 saturated heterocycles. The normalized spacial score (nSPS) is 25.6. The first-order chi connectivity index (χ1) is 17.5. The first kappa shape index (κ1) is 26.8. The molecule has 14 heteroatoms. The number of alkyl halides is 7. The largest absolute Gasteiger partial charge is 0.428 e. The minimum absolute atomic E-state index is 0.0413. The number of carbonyl (C=O) groups excluding carboxylic acids is 1. The standard InChI is InChI=1S/C24H21F7N2O4S/c25-21(12-33(13-21)20(34)15-10-38(35,36)11-15)16-6-4-14(5-7-16)19-9-22(37-32-19,24(29,30)31)17-2-1-3-18(8-17)23(26,27)28/h1-9,15,32,35-36H,10-13H2. The van der Waals surface area contributed by atoms with Crippen LogP contribution in [0.25, 0.3) is 5.70 Å². The number of hydrogen-bond donors (Lipinski definition) is 3. The second-order valence-corrected chi connectivity index (χ2v) is 11.9. The number of amides is 1. The van der Waals surface area contributed by atoms with Gasteiger partial charge in [0.25, 0.3) is 0 Å². The second-order valence-electron chi connectivity index (χ2n) is 9.64. The molecule has 206 valence electrons. The van der Waals surface area contributed by atoms with Crippen LogP contribution < -0.4 is 5.48 Å². The number of hydroxylamine groups is 1. The number of halogens is 7. The fourth-order valence-electron chi connectivity index (χ4n) is 4.75. The third kappa shape index (κ3) is 4.52. The van der Waals surface area contributed by atoms with Crippen LogP contribution >= 0.6 is 10.6 Å². The Kier molecular flexibility index (Phi) is 6.06. The van der Waals surface area contributed by atoms with Gasteiger partial charge in [-0.3, -0.25) is 24.2 Å². The number of benzene rings is 2. The zero-order valence-corrected chi connectivity index (χ0v) is 20.1. The van der Waals surface area contributed by atoms with Crippen molar-refractivity contribution >= 4 is 22.2 Å². The molecule has 3 N–H and O–H groups in total. The molecule has 2 fully saturated rings. The van der Waals surface area contributed by atoms with Crippen LogP contribution in [-0.2, 0) is 27.1 Å². The molecular weight excluding hydrogens is 545 g/mol. The Morgan fingerprint density at radius 1 is 1.00 bits per heavy atom. The smallest absolute Gasteiger partial charge is 0.335 e. The first-order valence-corrected chi connectivity index (χ1v) is 13.2. The van der Waals surface area contributed by atoms with E-state index in [2.05, 4.69) is 5.48 Å². The van der Waals surface area contributed by atoms with Crippen LogP contribution in [-0.4, -0.2) is 50.7 Å². The van der Waals surface area contributed by atoms with E-state index in [9.17, 15) is 40.2 Å². The number of nitrogens with one attached hydrogen (secondary N) is 1. The molecular formula is C24H21F7N2O4S. The summed E-state index contributed by atoms with van der Waals surface area (Å²) >= 11 is 0. The average molecular weight is 566 g/mol. The lowest BCUT2D eigenvalue weighted by Gasteiger charge is -2.51. The molecule has 0 spiro atoms. The zero-order chi connectivity index (χ0) is 27.7. The summed E-state index contributed by atoms with van der Waals surface area (Å²) in [7, 11) is -2.71. The zero-order valence-electron chi connectivity index (χ0n) is 19.3. The van der Waals surface area contributed by atoms with E-state index in [-0.39, 0.29) is 47.3 Å². The molecule has 3 heterocycles. The quantitative estimate of drug-likeness (QED) is 0.431. The van der Waals surface area contributed by atoms with Crippen LogP contribution in [0.3, 0.4) is 0 Å². The Balaban J connectivity index is 1.34.